The quantitative estimate of drug-likeness (QED) is 0.502. The lowest BCUT2D eigenvalue weighted by Crippen LogP contribution is -2.30. The number of rotatable bonds is 10. The van der Waals surface area contributed by atoms with Gasteiger partial charge in [0.1, 0.15) is 10.6 Å². The molecule has 1 aromatic heterocycles. The van der Waals surface area contributed by atoms with Crippen LogP contribution >= 0.6 is 0 Å². The highest BCUT2D eigenvalue weighted by Gasteiger charge is 2.25. The first-order valence-corrected chi connectivity index (χ1v) is 11.3. The van der Waals surface area contributed by atoms with Gasteiger partial charge in [0.25, 0.3) is 0 Å². The van der Waals surface area contributed by atoms with Crippen LogP contribution in [0.5, 0.6) is 5.75 Å². The van der Waals surface area contributed by atoms with Gasteiger partial charge in [0, 0.05) is 45.3 Å². The van der Waals surface area contributed by atoms with Gasteiger partial charge in [-0.25, -0.2) is 13.2 Å². The van der Waals surface area contributed by atoms with E-state index in [1.807, 2.05) is 43.3 Å². The third kappa shape index (κ3) is 6.05. The molecule has 168 valence electrons. The van der Waals surface area contributed by atoms with E-state index < -0.39 is 22.6 Å². The van der Waals surface area contributed by atoms with Gasteiger partial charge < -0.3 is 14.7 Å². The number of carboxylic acid groups (broad SMARTS) is 1. The SMILES string of the molecule is CN(C)c1ccc(CN(Cc2cccc(OCC(=O)O)c2)S(=O)(=O)c2cccnc2)cc1. The number of benzene rings is 2. The van der Waals surface area contributed by atoms with Crippen LogP contribution in [0.2, 0.25) is 0 Å². The predicted molar refractivity (Wildman–Crippen MR) is 121 cm³/mol. The van der Waals surface area contributed by atoms with E-state index >= 15 is 0 Å². The maximum Gasteiger partial charge on any atom is 0.341 e. The Bertz CT molecular complexity index is 1150. The second-order valence-corrected chi connectivity index (χ2v) is 9.29. The molecule has 0 atom stereocenters. The molecule has 0 fully saturated rings. The van der Waals surface area contributed by atoms with Crippen LogP contribution in [0.1, 0.15) is 11.1 Å². The summed E-state index contributed by atoms with van der Waals surface area (Å²) < 4.78 is 33.4. The number of nitrogens with zero attached hydrogens (tertiary/aromatic N) is 3. The van der Waals surface area contributed by atoms with Gasteiger partial charge in [-0.1, -0.05) is 24.3 Å². The summed E-state index contributed by atoms with van der Waals surface area (Å²) in [6, 6.07) is 17.5. The summed E-state index contributed by atoms with van der Waals surface area (Å²) in [5.74, 6) is -0.726. The van der Waals surface area contributed by atoms with Crippen LogP contribution in [0.3, 0.4) is 0 Å². The zero-order valence-corrected chi connectivity index (χ0v) is 18.7. The van der Waals surface area contributed by atoms with E-state index in [1.165, 1.54) is 22.8 Å². The first-order chi connectivity index (χ1) is 15.3. The lowest BCUT2D eigenvalue weighted by atomic mass is 10.2. The number of aromatic nitrogens is 1. The van der Waals surface area contributed by atoms with Crippen LogP contribution in [0.4, 0.5) is 5.69 Å². The van der Waals surface area contributed by atoms with Gasteiger partial charge in [-0.15, -0.1) is 0 Å². The molecule has 1 N–H and O–H groups in total. The van der Waals surface area contributed by atoms with Crippen molar-refractivity contribution in [2.75, 3.05) is 25.6 Å². The van der Waals surface area contributed by atoms with Crippen LogP contribution in [0.15, 0.2) is 78.0 Å². The highest BCUT2D eigenvalue weighted by atomic mass is 32.2. The third-order valence-electron chi connectivity index (χ3n) is 4.70. The molecule has 2 aromatic carbocycles. The average molecular weight is 456 g/mol. The molecule has 0 amide bonds. The summed E-state index contributed by atoms with van der Waals surface area (Å²) in [5.41, 5.74) is 2.52. The van der Waals surface area contributed by atoms with Crippen molar-refractivity contribution in [1.82, 2.24) is 9.29 Å². The number of ether oxygens (including phenoxy) is 1. The topological polar surface area (TPSA) is 100 Å². The molecule has 32 heavy (non-hydrogen) atoms. The molecule has 3 aromatic rings. The minimum atomic E-state index is -3.84. The Labute approximate surface area is 187 Å². The van der Waals surface area contributed by atoms with E-state index in [0.717, 1.165) is 11.3 Å². The smallest absolute Gasteiger partial charge is 0.341 e. The Morgan fingerprint density at radius 1 is 1.00 bits per heavy atom. The Morgan fingerprint density at radius 3 is 2.34 bits per heavy atom. The standard InChI is InChI=1S/C23H25N3O5S/c1-25(2)20-10-8-18(9-11-20)15-26(32(29,30)22-7-4-12-24-14-22)16-19-5-3-6-21(13-19)31-17-23(27)28/h3-14H,15-17H2,1-2H3,(H,27,28). The van der Waals surface area contributed by atoms with Crippen molar-refractivity contribution in [3.05, 3.63) is 84.2 Å². The highest BCUT2D eigenvalue weighted by Crippen LogP contribution is 2.23. The Morgan fingerprint density at radius 2 is 1.72 bits per heavy atom. The number of sulfonamides is 1. The van der Waals surface area contributed by atoms with Gasteiger partial charge in [-0.05, 0) is 47.5 Å². The zero-order chi connectivity index (χ0) is 23.1. The number of hydrogen-bond acceptors (Lipinski definition) is 6. The molecule has 8 nitrogen and oxygen atoms in total. The summed E-state index contributed by atoms with van der Waals surface area (Å²) in [4.78, 5) is 16.8. The molecule has 0 radical (unpaired) electrons. The summed E-state index contributed by atoms with van der Waals surface area (Å²) >= 11 is 0. The molecule has 0 aliphatic rings. The van der Waals surface area contributed by atoms with Crippen LogP contribution in [-0.4, -0.2) is 49.5 Å². The second-order valence-electron chi connectivity index (χ2n) is 7.35. The summed E-state index contributed by atoms with van der Waals surface area (Å²) in [5, 5.41) is 8.82. The molecule has 0 bridgehead atoms. The van der Waals surface area contributed by atoms with Crippen molar-refractivity contribution in [3.63, 3.8) is 0 Å². The summed E-state index contributed by atoms with van der Waals surface area (Å²) in [6.45, 7) is -0.235. The fourth-order valence-corrected chi connectivity index (χ4v) is 4.44. The van der Waals surface area contributed by atoms with Crippen LogP contribution < -0.4 is 9.64 Å². The molecule has 0 saturated heterocycles. The number of pyridine rings is 1. The van der Waals surface area contributed by atoms with E-state index in [9.17, 15) is 13.2 Å². The Kier molecular flexibility index (Phi) is 7.45. The van der Waals surface area contributed by atoms with Crippen molar-refractivity contribution in [2.45, 2.75) is 18.0 Å². The maximum atomic E-state index is 13.4. The fraction of sp³-hybridized carbons (Fsp3) is 0.217. The number of carboxylic acids is 1. The van der Waals surface area contributed by atoms with Gasteiger partial charge >= 0.3 is 5.97 Å². The van der Waals surface area contributed by atoms with Crippen molar-refractivity contribution in [1.29, 1.82) is 0 Å². The van der Waals surface area contributed by atoms with Crippen molar-refractivity contribution < 1.29 is 23.1 Å². The van der Waals surface area contributed by atoms with Crippen LogP contribution in [-0.2, 0) is 27.9 Å². The average Bonchev–Trinajstić information content (AvgIpc) is 2.78. The van der Waals surface area contributed by atoms with Gasteiger partial charge in [-0.3, -0.25) is 4.98 Å². The number of hydrogen-bond donors (Lipinski definition) is 1. The van der Waals surface area contributed by atoms with E-state index in [1.54, 1.807) is 30.3 Å². The highest BCUT2D eigenvalue weighted by molar-refractivity contribution is 7.89. The molecular weight excluding hydrogens is 430 g/mol. The van der Waals surface area contributed by atoms with Crippen LogP contribution in [0.25, 0.3) is 0 Å². The summed E-state index contributed by atoms with van der Waals surface area (Å²) in [6.07, 6.45) is 2.84. The minimum Gasteiger partial charge on any atom is -0.482 e. The van der Waals surface area contributed by atoms with Crippen molar-refractivity contribution in [3.8, 4) is 5.75 Å². The van der Waals surface area contributed by atoms with Crippen molar-refractivity contribution >= 4 is 21.7 Å². The Balaban J connectivity index is 1.90. The molecule has 3 rings (SSSR count). The molecule has 0 spiro atoms. The Hall–Kier alpha value is -3.43. The molecule has 0 saturated carbocycles. The first kappa shape index (κ1) is 23.2. The van der Waals surface area contributed by atoms with Crippen molar-refractivity contribution in [2.24, 2.45) is 0 Å². The third-order valence-corrected chi connectivity index (χ3v) is 6.48. The normalized spacial score (nSPS) is 11.3. The lowest BCUT2D eigenvalue weighted by molar-refractivity contribution is -0.139. The molecule has 0 aliphatic carbocycles. The van der Waals surface area contributed by atoms with Gasteiger partial charge in [0.2, 0.25) is 10.0 Å². The lowest BCUT2D eigenvalue weighted by Gasteiger charge is -2.23. The minimum absolute atomic E-state index is 0.0803. The second kappa shape index (κ2) is 10.3. The van der Waals surface area contributed by atoms with E-state index in [4.69, 9.17) is 9.84 Å². The molecule has 1 heterocycles. The molecule has 0 aliphatic heterocycles. The number of carbonyl (C=O) groups is 1. The van der Waals surface area contributed by atoms with Gasteiger partial charge in [-0.2, -0.15) is 4.31 Å². The summed E-state index contributed by atoms with van der Waals surface area (Å²) in [7, 11) is 0.0392. The fourth-order valence-electron chi connectivity index (χ4n) is 3.06. The number of anilines is 1. The largest absolute Gasteiger partial charge is 0.482 e. The molecular formula is C23H25N3O5S. The number of aliphatic carboxylic acids is 1. The maximum absolute atomic E-state index is 13.4. The zero-order valence-electron chi connectivity index (χ0n) is 17.9. The van der Waals surface area contributed by atoms with E-state index in [-0.39, 0.29) is 18.0 Å². The van der Waals surface area contributed by atoms with Gasteiger partial charge in [0.05, 0.1) is 0 Å². The first-order valence-electron chi connectivity index (χ1n) is 9.85. The van der Waals surface area contributed by atoms with Crippen LogP contribution in [0, 0.1) is 0 Å². The molecule has 0 unspecified atom stereocenters. The molecule has 9 heteroatoms. The predicted octanol–water partition coefficient (Wildman–Crippen LogP) is 3.00. The monoisotopic (exact) mass is 455 g/mol. The van der Waals surface area contributed by atoms with Gasteiger partial charge in [0.15, 0.2) is 6.61 Å². The van der Waals surface area contributed by atoms with E-state index in [2.05, 4.69) is 4.98 Å². The van der Waals surface area contributed by atoms with E-state index in [0.29, 0.717) is 11.3 Å².